The summed E-state index contributed by atoms with van der Waals surface area (Å²) in [6.45, 7) is 0. The van der Waals surface area contributed by atoms with E-state index in [0.717, 1.165) is 18.7 Å². The molecule has 31 heavy (non-hydrogen) atoms. The number of aromatic nitrogens is 3. The maximum atomic E-state index is 12.0. The van der Waals surface area contributed by atoms with E-state index in [1.165, 1.54) is 0 Å². The second kappa shape index (κ2) is 7.41. The van der Waals surface area contributed by atoms with Gasteiger partial charge in [-0.1, -0.05) is 11.6 Å². The molecule has 1 saturated carbocycles. The molecule has 1 aliphatic carbocycles. The number of benzene rings is 1. The second-order valence-electron chi connectivity index (χ2n) is 7.44. The highest BCUT2D eigenvalue weighted by Crippen LogP contribution is 2.29. The molecule has 3 N–H and O–H groups in total. The fourth-order valence-corrected chi connectivity index (χ4v) is 3.55. The molecule has 2 aromatic heterocycles. The summed E-state index contributed by atoms with van der Waals surface area (Å²) in [5, 5.41) is 22.7. The van der Waals surface area contributed by atoms with Crippen molar-refractivity contribution >= 4 is 52.5 Å². The first-order valence-corrected chi connectivity index (χ1v) is 10.0. The maximum absolute atomic E-state index is 12.0. The van der Waals surface area contributed by atoms with Gasteiger partial charge in [-0.3, -0.25) is 14.9 Å². The van der Waals surface area contributed by atoms with Crippen LogP contribution in [0.25, 0.3) is 11.7 Å². The van der Waals surface area contributed by atoms with E-state index < -0.39 is 5.91 Å². The molecule has 10 heteroatoms. The summed E-state index contributed by atoms with van der Waals surface area (Å²) in [5.41, 5.74) is 2.60. The molecular weight excluding hydrogens is 418 g/mol. The van der Waals surface area contributed by atoms with Crippen LogP contribution in [-0.4, -0.2) is 32.5 Å². The highest BCUT2D eigenvalue weighted by Gasteiger charge is 2.25. The number of carbonyl (C=O) groups excluding carboxylic acids is 2. The van der Waals surface area contributed by atoms with Crippen LogP contribution in [0.15, 0.2) is 36.0 Å². The number of anilines is 3. The monoisotopic (exact) mass is 433 g/mol. The lowest BCUT2D eigenvalue weighted by Gasteiger charge is -2.12. The van der Waals surface area contributed by atoms with E-state index >= 15 is 0 Å². The van der Waals surface area contributed by atoms with Crippen LogP contribution < -0.4 is 16.0 Å². The van der Waals surface area contributed by atoms with Gasteiger partial charge in [-0.25, -0.2) is 4.98 Å². The number of hydrogen-bond acceptors (Lipinski definition) is 7. The number of rotatable bonds is 5. The first-order chi connectivity index (χ1) is 15.0. The van der Waals surface area contributed by atoms with Gasteiger partial charge in [-0.15, -0.1) is 0 Å². The van der Waals surface area contributed by atoms with Crippen molar-refractivity contribution in [3.63, 3.8) is 0 Å². The molecule has 5 rings (SSSR count). The number of halogens is 1. The van der Waals surface area contributed by atoms with Gasteiger partial charge in [0.25, 0.3) is 5.91 Å². The van der Waals surface area contributed by atoms with Crippen LogP contribution in [0, 0.1) is 11.3 Å². The lowest BCUT2D eigenvalue weighted by Crippen LogP contribution is -2.19. The molecule has 0 radical (unpaired) electrons. The van der Waals surface area contributed by atoms with Gasteiger partial charge in [0.2, 0.25) is 5.91 Å². The van der Waals surface area contributed by atoms with Crippen LogP contribution in [0.5, 0.6) is 0 Å². The summed E-state index contributed by atoms with van der Waals surface area (Å²) in [6.07, 6.45) is 5.45. The average molecular weight is 434 g/mol. The highest BCUT2D eigenvalue weighted by atomic mass is 35.5. The minimum atomic E-state index is -0.401. The molecule has 2 fully saturated rings. The highest BCUT2D eigenvalue weighted by molar-refractivity contribution is 6.32. The Kier molecular flexibility index (Phi) is 4.56. The van der Waals surface area contributed by atoms with Crippen LogP contribution in [0.2, 0.25) is 5.02 Å². The number of amides is 2. The molecule has 2 aliphatic rings. The lowest BCUT2D eigenvalue weighted by molar-refractivity contribution is -0.124. The molecule has 1 saturated heterocycles. The zero-order chi connectivity index (χ0) is 21.5. The average Bonchev–Trinajstić information content (AvgIpc) is 3.37. The Balaban J connectivity index is 1.56. The largest absolute Gasteiger partial charge is 0.367 e. The van der Waals surface area contributed by atoms with Crippen molar-refractivity contribution in [1.82, 2.24) is 19.9 Å². The summed E-state index contributed by atoms with van der Waals surface area (Å²) in [4.78, 5) is 28.1. The Morgan fingerprint density at radius 1 is 1.29 bits per heavy atom. The molecule has 154 valence electrons. The standard InChI is InChI=1S/C21H16ClN7O2/c22-16-7-15(2-1-11(16)9-23)25-17-8-18(26-14-3-4-14)29-20(27-17)13(10-24-29)5-12-6-19(30)28-21(12)31/h1-2,5,7-8,10,14,26H,3-4,6H2,(H,25,27)(H,28,30,31). The molecule has 0 unspecified atom stereocenters. The lowest BCUT2D eigenvalue weighted by atomic mass is 10.1. The molecule has 3 heterocycles. The number of nitrogens with zero attached hydrogens (tertiary/aromatic N) is 4. The summed E-state index contributed by atoms with van der Waals surface area (Å²) in [5.74, 6) is 0.578. The number of imide groups is 1. The molecule has 0 spiro atoms. The third kappa shape index (κ3) is 3.81. The third-order valence-electron chi connectivity index (χ3n) is 5.02. The molecule has 0 atom stereocenters. The minimum Gasteiger partial charge on any atom is -0.367 e. The van der Waals surface area contributed by atoms with E-state index in [1.807, 2.05) is 12.1 Å². The first-order valence-electron chi connectivity index (χ1n) is 9.67. The zero-order valence-electron chi connectivity index (χ0n) is 16.1. The quantitative estimate of drug-likeness (QED) is 0.417. The van der Waals surface area contributed by atoms with Crippen LogP contribution in [0.4, 0.5) is 17.3 Å². The first kappa shape index (κ1) is 19.1. The van der Waals surface area contributed by atoms with Crippen molar-refractivity contribution in [2.24, 2.45) is 0 Å². The molecule has 3 aromatic rings. The number of nitriles is 1. The van der Waals surface area contributed by atoms with E-state index in [1.54, 1.807) is 35.0 Å². The van der Waals surface area contributed by atoms with Crippen LogP contribution >= 0.6 is 11.6 Å². The second-order valence-corrected chi connectivity index (χ2v) is 7.84. The van der Waals surface area contributed by atoms with E-state index in [2.05, 4.69) is 26.0 Å². The molecule has 2 amide bonds. The number of carbonyl (C=O) groups is 2. The Morgan fingerprint density at radius 3 is 2.81 bits per heavy atom. The van der Waals surface area contributed by atoms with E-state index in [0.29, 0.717) is 44.9 Å². The van der Waals surface area contributed by atoms with Crippen molar-refractivity contribution in [3.05, 3.63) is 52.2 Å². The van der Waals surface area contributed by atoms with Crippen molar-refractivity contribution in [2.75, 3.05) is 10.6 Å². The normalized spacial score (nSPS) is 17.1. The minimum absolute atomic E-state index is 0.0328. The Bertz CT molecular complexity index is 1320. The van der Waals surface area contributed by atoms with Gasteiger partial charge in [0.05, 0.1) is 23.2 Å². The van der Waals surface area contributed by atoms with Gasteiger partial charge in [0, 0.05) is 28.9 Å². The number of nitrogens with one attached hydrogen (secondary N) is 3. The van der Waals surface area contributed by atoms with Crippen molar-refractivity contribution in [1.29, 1.82) is 5.26 Å². The smallest absolute Gasteiger partial charge is 0.254 e. The van der Waals surface area contributed by atoms with Gasteiger partial charge in [-0.2, -0.15) is 14.9 Å². The van der Waals surface area contributed by atoms with Crippen molar-refractivity contribution < 1.29 is 9.59 Å². The fourth-order valence-electron chi connectivity index (χ4n) is 3.33. The predicted molar refractivity (Wildman–Crippen MR) is 115 cm³/mol. The number of fused-ring (bicyclic) bond motifs is 1. The molecule has 9 nitrogen and oxygen atoms in total. The van der Waals surface area contributed by atoms with Gasteiger partial charge in [0.1, 0.15) is 17.7 Å². The van der Waals surface area contributed by atoms with Gasteiger partial charge < -0.3 is 10.6 Å². The third-order valence-corrected chi connectivity index (χ3v) is 5.33. The molecule has 1 aromatic carbocycles. The Morgan fingerprint density at radius 2 is 2.13 bits per heavy atom. The Labute approximate surface area is 181 Å². The summed E-state index contributed by atoms with van der Waals surface area (Å²) >= 11 is 6.15. The van der Waals surface area contributed by atoms with Crippen molar-refractivity contribution in [3.8, 4) is 6.07 Å². The SMILES string of the molecule is N#Cc1ccc(Nc2cc(NC3CC3)n3ncc(C=C4CC(=O)NC4=O)c3n2)cc1Cl. The summed E-state index contributed by atoms with van der Waals surface area (Å²) in [7, 11) is 0. The maximum Gasteiger partial charge on any atom is 0.254 e. The van der Waals surface area contributed by atoms with E-state index in [4.69, 9.17) is 16.9 Å². The van der Waals surface area contributed by atoms with Crippen LogP contribution in [0.1, 0.15) is 30.4 Å². The Hall–Kier alpha value is -3.90. The molecule has 0 bridgehead atoms. The zero-order valence-corrected chi connectivity index (χ0v) is 16.9. The molecule has 1 aliphatic heterocycles. The van der Waals surface area contributed by atoms with E-state index in [9.17, 15) is 9.59 Å². The fraction of sp³-hybridized carbons (Fsp3) is 0.190. The topological polar surface area (TPSA) is 124 Å². The van der Waals surface area contributed by atoms with Gasteiger partial charge >= 0.3 is 0 Å². The van der Waals surface area contributed by atoms with Gasteiger partial charge in [-0.05, 0) is 37.1 Å². The number of hydrogen-bond donors (Lipinski definition) is 3. The van der Waals surface area contributed by atoms with Crippen LogP contribution in [0.3, 0.4) is 0 Å². The van der Waals surface area contributed by atoms with Crippen LogP contribution in [-0.2, 0) is 9.59 Å². The van der Waals surface area contributed by atoms with Gasteiger partial charge in [0.15, 0.2) is 5.65 Å². The molecular formula is C21H16ClN7O2. The van der Waals surface area contributed by atoms with Crippen molar-refractivity contribution in [2.45, 2.75) is 25.3 Å². The predicted octanol–water partition coefficient (Wildman–Crippen LogP) is 3.00. The summed E-state index contributed by atoms with van der Waals surface area (Å²) < 4.78 is 1.68. The summed E-state index contributed by atoms with van der Waals surface area (Å²) in [6, 6.07) is 9.30. The van der Waals surface area contributed by atoms with E-state index in [-0.39, 0.29) is 12.3 Å².